The summed E-state index contributed by atoms with van der Waals surface area (Å²) in [6.07, 6.45) is -0.602. The van der Waals surface area contributed by atoms with Gasteiger partial charge in [0.15, 0.2) is 0 Å². The van der Waals surface area contributed by atoms with Crippen LogP contribution in [0.5, 0.6) is 0 Å². The van der Waals surface area contributed by atoms with Crippen molar-refractivity contribution in [3.63, 3.8) is 0 Å². The fraction of sp³-hybridized carbons (Fsp3) is 0.529. The van der Waals surface area contributed by atoms with Crippen molar-refractivity contribution in [1.29, 1.82) is 0 Å². The molecule has 1 aromatic carbocycles. The van der Waals surface area contributed by atoms with Crippen LogP contribution in [0.2, 0.25) is 0 Å². The number of carbonyl (C=O) groups excluding carboxylic acids is 1. The van der Waals surface area contributed by atoms with E-state index in [0.717, 1.165) is 42.0 Å². The molecule has 24 heavy (non-hydrogen) atoms. The summed E-state index contributed by atoms with van der Waals surface area (Å²) in [6.45, 7) is 1.02. The van der Waals surface area contributed by atoms with Gasteiger partial charge < -0.3 is 5.32 Å². The number of nitrogens with one attached hydrogen (secondary N) is 1. The first-order valence-corrected chi connectivity index (χ1v) is 8.15. The Bertz CT molecular complexity index is 572. The van der Waals surface area contributed by atoms with E-state index >= 15 is 0 Å². The molecule has 1 N–H and O–H groups in total. The van der Waals surface area contributed by atoms with E-state index in [1.54, 1.807) is 0 Å². The van der Waals surface area contributed by atoms with Crippen molar-refractivity contribution in [2.75, 3.05) is 13.1 Å². The Balaban J connectivity index is 2.07. The predicted octanol–water partition coefficient (Wildman–Crippen LogP) is 4.29. The topological polar surface area (TPSA) is 44.7 Å². The number of carbonyl (C=O) groups is 1. The van der Waals surface area contributed by atoms with Gasteiger partial charge in [0.25, 0.3) is 0 Å². The van der Waals surface area contributed by atoms with Crippen LogP contribution in [0.4, 0.5) is 18.0 Å². The molecule has 7 heteroatoms. The number of rotatable bonds is 6. The molecule has 0 saturated carbocycles. The minimum absolute atomic E-state index is 0.0558. The Morgan fingerprint density at radius 3 is 2.62 bits per heavy atom. The van der Waals surface area contributed by atoms with Gasteiger partial charge in [-0.25, -0.2) is 9.80 Å². The molecule has 0 fully saturated rings. The lowest BCUT2D eigenvalue weighted by Gasteiger charge is -2.16. The molecular weight excluding hydrogens is 319 g/mol. The minimum atomic E-state index is -4.43. The Hall–Kier alpha value is -2.05. The van der Waals surface area contributed by atoms with E-state index in [-0.39, 0.29) is 12.5 Å². The predicted molar refractivity (Wildman–Crippen MR) is 86.9 cm³/mol. The standard InChI is InChI=1S/C17H22F3N3O/c1-2-3-5-10-15-14(13-8-6-4-7-9-13)11-23(22-15)16(24)21-12-17(18,19)20/h4,6-9,14H,2-3,5,10-12H2,1H3,(H,21,24). The zero-order chi connectivity index (χ0) is 17.6. The van der Waals surface area contributed by atoms with Crippen LogP contribution >= 0.6 is 0 Å². The average Bonchev–Trinajstić information content (AvgIpc) is 2.97. The Morgan fingerprint density at radius 1 is 1.29 bits per heavy atom. The molecule has 0 saturated heterocycles. The van der Waals surface area contributed by atoms with E-state index in [0.29, 0.717) is 0 Å². The number of alkyl halides is 3. The molecule has 0 spiro atoms. The van der Waals surface area contributed by atoms with E-state index in [2.05, 4.69) is 12.0 Å². The molecule has 1 atom stereocenters. The SMILES string of the molecule is CCCCCC1=NN(C(=O)NCC(F)(F)F)CC1c1ccccc1. The Labute approximate surface area is 139 Å². The molecule has 1 unspecified atom stereocenters. The highest BCUT2D eigenvalue weighted by Crippen LogP contribution is 2.28. The van der Waals surface area contributed by atoms with Crippen molar-refractivity contribution in [3.8, 4) is 0 Å². The van der Waals surface area contributed by atoms with Gasteiger partial charge in [0, 0.05) is 11.6 Å². The number of unbranched alkanes of at least 4 members (excludes halogenated alkanes) is 2. The number of amides is 2. The summed E-state index contributed by atoms with van der Waals surface area (Å²) >= 11 is 0. The van der Waals surface area contributed by atoms with Crippen LogP contribution in [0.15, 0.2) is 35.4 Å². The third-order valence-corrected chi connectivity index (χ3v) is 3.92. The first-order chi connectivity index (χ1) is 11.4. The third-order valence-electron chi connectivity index (χ3n) is 3.92. The van der Waals surface area contributed by atoms with Crippen molar-refractivity contribution in [1.82, 2.24) is 10.3 Å². The minimum Gasteiger partial charge on any atom is -0.327 e. The maximum absolute atomic E-state index is 12.3. The lowest BCUT2D eigenvalue weighted by molar-refractivity contribution is -0.123. The van der Waals surface area contributed by atoms with Gasteiger partial charge in [-0.1, -0.05) is 50.1 Å². The molecule has 1 aliphatic rings. The summed E-state index contributed by atoms with van der Waals surface area (Å²) in [5, 5.41) is 7.28. The molecule has 4 nitrogen and oxygen atoms in total. The van der Waals surface area contributed by atoms with Crippen molar-refractivity contribution in [3.05, 3.63) is 35.9 Å². The number of benzene rings is 1. The van der Waals surface area contributed by atoms with Crippen LogP contribution in [-0.4, -0.2) is 36.0 Å². The molecule has 1 aromatic rings. The fourth-order valence-corrected chi connectivity index (χ4v) is 2.70. The largest absolute Gasteiger partial charge is 0.405 e. The molecule has 0 bridgehead atoms. The Kier molecular flexibility index (Phi) is 6.23. The number of urea groups is 1. The number of nitrogens with zero attached hydrogens (tertiary/aromatic N) is 2. The molecular formula is C17H22F3N3O. The van der Waals surface area contributed by atoms with Gasteiger partial charge in [-0.3, -0.25) is 0 Å². The zero-order valence-corrected chi connectivity index (χ0v) is 13.6. The summed E-state index contributed by atoms with van der Waals surface area (Å²) in [5.41, 5.74) is 1.88. The van der Waals surface area contributed by atoms with Crippen LogP contribution in [0.1, 0.15) is 44.1 Å². The van der Waals surface area contributed by atoms with E-state index in [1.807, 2.05) is 35.6 Å². The van der Waals surface area contributed by atoms with E-state index in [4.69, 9.17) is 0 Å². The summed E-state index contributed by atoms with van der Waals surface area (Å²) in [5.74, 6) is -0.0558. The van der Waals surface area contributed by atoms with Crippen LogP contribution < -0.4 is 5.32 Å². The number of hydrogen-bond donors (Lipinski definition) is 1. The van der Waals surface area contributed by atoms with Crippen molar-refractivity contribution < 1.29 is 18.0 Å². The Morgan fingerprint density at radius 2 is 2.00 bits per heavy atom. The summed E-state index contributed by atoms with van der Waals surface area (Å²) in [7, 11) is 0. The molecule has 1 heterocycles. The molecule has 132 valence electrons. The smallest absolute Gasteiger partial charge is 0.327 e. The summed E-state index contributed by atoms with van der Waals surface area (Å²) in [4.78, 5) is 12.0. The van der Waals surface area contributed by atoms with Crippen molar-refractivity contribution >= 4 is 11.7 Å². The third kappa shape index (κ3) is 5.25. The van der Waals surface area contributed by atoms with E-state index < -0.39 is 18.8 Å². The highest BCUT2D eigenvalue weighted by molar-refractivity contribution is 5.94. The number of hydrazone groups is 1. The van der Waals surface area contributed by atoms with Crippen LogP contribution in [0.3, 0.4) is 0 Å². The highest BCUT2D eigenvalue weighted by Gasteiger charge is 2.33. The average molecular weight is 341 g/mol. The first kappa shape index (κ1) is 18.3. The monoisotopic (exact) mass is 341 g/mol. The molecule has 0 radical (unpaired) electrons. The molecule has 0 aromatic heterocycles. The first-order valence-electron chi connectivity index (χ1n) is 8.15. The summed E-state index contributed by atoms with van der Waals surface area (Å²) < 4.78 is 36.8. The van der Waals surface area contributed by atoms with Gasteiger partial charge in [-0.2, -0.15) is 18.3 Å². The van der Waals surface area contributed by atoms with Gasteiger partial charge >= 0.3 is 12.2 Å². The maximum Gasteiger partial charge on any atom is 0.405 e. The number of hydrogen-bond acceptors (Lipinski definition) is 2. The van der Waals surface area contributed by atoms with E-state index in [1.165, 1.54) is 0 Å². The highest BCUT2D eigenvalue weighted by atomic mass is 19.4. The van der Waals surface area contributed by atoms with E-state index in [9.17, 15) is 18.0 Å². The lowest BCUT2D eigenvalue weighted by atomic mass is 9.92. The van der Waals surface area contributed by atoms with Gasteiger partial charge in [0.05, 0.1) is 6.54 Å². The second-order valence-corrected chi connectivity index (χ2v) is 5.87. The van der Waals surface area contributed by atoms with Gasteiger partial charge in [-0.05, 0) is 18.4 Å². The lowest BCUT2D eigenvalue weighted by Crippen LogP contribution is -2.41. The second-order valence-electron chi connectivity index (χ2n) is 5.87. The normalized spacial score (nSPS) is 17.8. The summed E-state index contributed by atoms with van der Waals surface area (Å²) in [6, 6.07) is 8.82. The molecule has 1 aliphatic heterocycles. The quantitative estimate of drug-likeness (QED) is 0.771. The zero-order valence-electron chi connectivity index (χ0n) is 13.6. The molecule has 2 rings (SSSR count). The van der Waals surface area contributed by atoms with Gasteiger partial charge in [0.2, 0.25) is 0 Å². The molecule has 0 aliphatic carbocycles. The van der Waals surface area contributed by atoms with Crippen LogP contribution in [0.25, 0.3) is 0 Å². The van der Waals surface area contributed by atoms with Gasteiger partial charge in [-0.15, -0.1) is 0 Å². The van der Waals surface area contributed by atoms with Crippen molar-refractivity contribution in [2.24, 2.45) is 5.10 Å². The molecule has 2 amide bonds. The number of halogens is 3. The van der Waals surface area contributed by atoms with Gasteiger partial charge in [0.1, 0.15) is 6.54 Å². The maximum atomic E-state index is 12.3. The van der Waals surface area contributed by atoms with Crippen LogP contribution in [-0.2, 0) is 0 Å². The fourth-order valence-electron chi connectivity index (χ4n) is 2.70. The van der Waals surface area contributed by atoms with Crippen molar-refractivity contribution in [2.45, 2.75) is 44.7 Å². The van der Waals surface area contributed by atoms with Crippen LogP contribution in [0, 0.1) is 0 Å². The second kappa shape index (κ2) is 8.17.